The topological polar surface area (TPSA) is 50.4 Å². The van der Waals surface area contributed by atoms with Gasteiger partial charge >= 0.3 is 0 Å². The van der Waals surface area contributed by atoms with E-state index < -0.39 is 22.9 Å². The minimum Gasteiger partial charge on any atom is -0.384 e. The summed E-state index contributed by atoms with van der Waals surface area (Å²) < 4.78 is 44.4. The summed E-state index contributed by atoms with van der Waals surface area (Å²) in [7, 11) is 1.49. The third kappa shape index (κ3) is 3.91. The summed E-state index contributed by atoms with van der Waals surface area (Å²) in [5.41, 5.74) is -0.855. The van der Waals surface area contributed by atoms with Crippen LogP contribution in [0, 0.1) is 22.9 Å². The Morgan fingerprint density at radius 2 is 1.82 bits per heavy atom. The van der Waals surface area contributed by atoms with Gasteiger partial charge in [-0.25, -0.2) is 13.2 Å². The maximum Gasteiger partial charge on any atom is 0.233 e. The number of rotatable bonds is 4. The molecule has 1 aliphatic rings. The van der Waals surface area contributed by atoms with E-state index in [1.54, 1.807) is 0 Å². The van der Waals surface area contributed by atoms with Gasteiger partial charge in [0.05, 0.1) is 12.0 Å². The molecule has 0 saturated carbocycles. The zero-order chi connectivity index (χ0) is 15.5. The van der Waals surface area contributed by atoms with Gasteiger partial charge in [-0.2, -0.15) is 0 Å². The molecule has 4 nitrogen and oxygen atoms in total. The van der Waals surface area contributed by atoms with Crippen molar-refractivity contribution in [3.63, 3.8) is 0 Å². The molecule has 1 aliphatic heterocycles. The fraction of sp³-hybridized carbons (Fsp3) is 0.500. The van der Waals surface area contributed by atoms with Crippen molar-refractivity contribution in [1.29, 1.82) is 0 Å². The van der Waals surface area contributed by atoms with E-state index in [1.165, 1.54) is 7.11 Å². The van der Waals surface area contributed by atoms with E-state index in [4.69, 9.17) is 4.74 Å². The van der Waals surface area contributed by atoms with Crippen LogP contribution in [-0.2, 0) is 9.53 Å². The van der Waals surface area contributed by atoms with Crippen molar-refractivity contribution >= 4 is 24.0 Å². The Bertz CT molecular complexity index is 508. The maximum atomic E-state index is 13.2. The lowest BCUT2D eigenvalue weighted by Gasteiger charge is -2.35. The molecule has 0 aliphatic carbocycles. The lowest BCUT2D eigenvalue weighted by molar-refractivity contribution is -0.130. The molecule has 22 heavy (non-hydrogen) atoms. The Kier molecular flexibility index (Phi) is 6.65. The van der Waals surface area contributed by atoms with Gasteiger partial charge < -0.3 is 15.4 Å². The lowest BCUT2D eigenvalue weighted by atomic mass is 9.78. The molecule has 1 fully saturated rings. The highest BCUT2D eigenvalue weighted by Crippen LogP contribution is 2.31. The number of ether oxygens (including phenoxy) is 1. The lowest BCUT2D eigenvalue weighted by Crippen LogP contribution is -2.47. The highest BCUT2D eigenvalue weighted by atomic mass is 35.5. The molecule has 0 aromatic heterocycles. The van der Waals surface area contributed by atoms with Crippen molar-refractivity contribution < 1.29 is 22.7 Å². The van der Waals surface area contributed by atoms with Gasteiger partial charge in [0.25, 0.3) is 0 Å². The van der Waals surface area contributed by atoms with Crippen LogP contribution in [0.3, 0.4) is 0 Å². The number of amides is 1. The minimum atomic E-state index is -1.55. The zero-order valence-corrected chi connectivity index (χ0v) is 12.9. The summed E-state index contributed by atoms with van der Waals surface area (Å²) >= 11 is 0. The Morgan fingerprint density at radius 3 is 2.32 bits per heavy atom. The van der Waals surface area contributed by atoms with Gasteiger partial charge in [0.15, 0.2) is 17.5 Å². The van der Waals surface area contributed by atoms with E-state index in [-0.39, 0.29) is 30.6 Å². The van der Waals surface area contributed by atoms with Crippen molar-refractivity contribution in [2.24, 2.45) is 5.41 Å². The second kappa shape index (κ2) is 7.80. The van der Waals surface area contributed by atoms with E-state index >= 15 is 0 Å². The van der Waals surface area contributed by atoms with Crippen LogP contribution in [0.1, 0.15) is 12.8 Å². The van der Waals surface area contributed by atoms with Crippen LogP contribution in [0.25, 0.3) is 0 Å². The standard InChI is InChI=1S/C14H17F3N2O2.ClH/c1-21-8-14(2-4-18-5-3-14)13(20)19-9-6-10(15)12(17)11(16)7-9;/h6-7,18H,2-5,8H2,1H3,(H,19,20);1H. The summed E-state index contributed by atoms with van der Waals surface area (Å²) in [5, 5.41) is 5.59. The Labute approximate surface area is 132 Å². The monoisotopic (exact) mass is 338 g/mol. The van der Waals surface area contributed by atoms with Gasteiger partial charge in [-0.05, 0) is 25.9 Å². The predicted molar refractivity (Wildman–Crippen MR) is 78.6 cm³/mol. The van der Waals surface area contributed by atoms with E-state index in [9.17, 15) is 18.0 Å². The van der Waals surface area contributed by atoms with Crippen LogP contribution in [0.4, 0.5) is 18.9 Å². The smallest absolute Gasteiger partial charge is 0.233 e. The molecule has 1 heterocycles. The molecule has 124 valence electrons. The second-order valence-corrected chi connectivity index (χ2v) is 5.17. The number of halogens is 4. The zero-order valence-electron chi connectivity index (χ0n) is 12.0. The molecule has 1 aromatic carbocycles. The van der Waals surface area contributed by atoms with Gasteiger partial charge in [-0.1, -0.05) is 0 Å². The van der Waals surface area contributed by atoms with E-state index in [0.717, 1.165) is 12.1 Å². The first-order valence-electron chi connectivity index (χ1n) is 6.64. The number of anilines is 1. The number of methoxy groups -OCH3 is 1. The Balaban J connectivity index is 0.00000242. The molecule has 2 rings (SSSR count). The number of carbonyl (C=O) groups excluding carboxylic acids is 1. The first-order chi connectivity index (χ1) is 9.98. The molecule has 1 saturated heterocycles. The minimum absolute atomic E-state index is 0. The molecule has 1 aromatic rings. The molecule has 0 radical (unpaired) electrons. The fourth-order valence-corrected chi connectivity index (χ4v) is 2.51. The molecule has 0 atom stereocenters. The van der Waals surface area contributed by atoms with Crippen molar-refractivity contribution in [1.82, 2.24) is 5.32 Å². The van der Waals surface area contributed by atoms with Crippen LogP contribution in [0.5, 0.6) is 0 Å². The molecule has 0 unspecified atom stereocenters. The summed E-state index contributed by atoms with van der Waals surface area (Å²) in [5.74, 6) is -4.61. The first-order valence-corrected chi connectivity index (χ1v) is 6.64. The average Bonchev–Trinajstić information content (AvgIpc) is 2.46. The number of nitrogens with one attached hydrogen (secondary N) is 2. The van der Waals surface area contributed by atoms with Gasteiger partial charge in [-0.15, -0.1) is 12.4 Å². The third-order valence-corrected chi connectivity index (χ3v) is 3.70. The van der Waals surface area contributed by atoms with Crippen LogP contribution < -0.4 is 10.6 Å². The highest BCUT2D eigenvalue weighted by molar-refractivity contribution is 5.95. The first kappa shape index (κ1) is 18.7. The summed E-state index contributed by atoms with van der Waals surface area (Å²) in [6.45, 7) is 1.53. The average molecular weight is 339 g/mol. The fourth-order valence-electron chi connectivity index (χ4n) is 2.51. The van der Waals surface area contributed by atoms with Gasteiger partial charge in [-0.3, -0.25) is 4.79 Å². The van der Waals surface area contributed by atoms with Crippen molar-refractivity contribution in [2.45, 2.75) is 12.8 Å². The Hall–Kier alpha value is -1.31. The maximum absolute atomic E-state index is 13.2. The number of benzene rings is 1. The van der Waals surface area contributed by atoms with Gasteiger partial charge in [0.2, 0.25) is 5.91 Å². The van der Waals surface area contributed by atoms with Crippen molar-refractivity contribution in [3.05, 3.63) is 29.6 Å². The predicted octanol–water partition coefficient (Wildman–Crippen LogP) is 2.48. The van der Waals surface area contributed by atoms with Crippen LogP contribution in [0.15, 0.2) is 12.1 Å². The third-order valence-electron chi connectivity index (χ3n) is 3.70. The number of hydrogen-bond donors (Lipinski definition) is 2. The largest absolute Gasteiger partial charge is 0.384 e. The number of carbonyl (C=O) groups is 1. The van der Waals surface area contributed by atoms with Gasteiger partial charge in [0.1, 0.15) is 0 Å². The highest BCUT2D eigenvalue weighted by Gasteiger charge is 2.39. The van der Waals surface area contributed by atoms with Gasteiger partial charge in [0, 0.05) is 24.9 Å². The molecule has 0 spiro atoms. The molecule has 1 amide bonds. The summed E-state index contributed by atoms with van der Waals surface area (Å²) in [6, 6.07) is 1.52. The Morgan fingerprint density at radius 1 is 1.27 bits per heavy atom. The normalized spacial score (nSPS) is 16.7. The molecule has 8 heteroatoms. The van der Waals surface area contributed by atoms with E-state index in [1.807, 2.05) is 0 Å². The van der Waals surface area contributed by atoms with E-state index in [2.05, 4.69) is 10.6 Å². The molecular weight excluding hydrogens is 321 g/mol. The molecular formula is C14H18ClF3N2O2. The quantitative estimate of drug-likeness (QED) is 0.829. The molecule has 2 N–H and O–H groups in total. The van der Waals surface area contributed by atoms with Crippen LogP contribution in [-0.4, -0.2) is 32.7 Å². The van der Waals surface area contributed by atoms with E-state index in [0.29, 0.717) is 25.9 Å². The summed E-state index contributed by atoms with van der Waals surface area (Å²) in [4.78, 5) is 12.4. The SMILES string of the molecule is COCC1(C(=O)Nc2cc(F)c(F)c(F)c2)CCNCC1.Cl. The second-order valence-electron chi connectivity index (χ2n) is 5.17. The van der Waals surface area contributed by atoms with Crippen LogP contribution >= 0.6 is 12.4 Å². The number of hydrogen-bond acceptors (Lipinski definition) is 3. The molecule has 0 bridgehead atoms. The summed E-state index contributed by atoms with van der Waals surface area (Å²) in [6.07, 6.45) is 1.11. The van der Waals surface area contributed by atoms with Crippen LogP contribution in [0.2, 0.25) is 0 Å². The number of piperidine rings is 1. The van der Waals surface area contributed by atoms with Crippen molar-refractivity contribution in [2.75, 3.05) is 32.1 Å². The van der Waals surface area contributed by atoms with Crippen molar-refractivity contribution in [3.8, 4) is 0 Å².